The maximum atomic E-state index is 14.0. The van der Waals surface area contributed by atoms with Crippen molar-refractivity contribution in [1.82, 2.24) is 4.57 Å². The van der Waals surface area contributed by atoms with Crippen molar-refractivity contribution in [2.75, 3.05) is 6.26 Å². The van der Waals surface area contributed by atoms with Crippen LogP contribution in [0, 0.1) is 0 Å². The van der Waals surface area contributed by atoms with E-state index in [1.54, 1.807) is 23.3 Å². The van der Waals surface area contributed by atoms with Gasteiger partial charge in [-0.25, -0.2) is 9.79 Å². The van der Waals surface area contributed by atoms with E-state index < -0.39 is 12.0 Å². The van der Waals surface area contributed by atoms with E-state index in [2.05, 4.69) is 15.9 Å². The van der Waals surface area contributed by atoms with E-state index in [-0.39, 0.29) is 11.7 Å². The van der Waals surface area contributed by atoms with Gasteiger partial charge in [0, 0.05) is 14.9 Å². The van der Waals surface area contributed by atoms with Crippen LogP contribution in [0.1, 0.15) is 43.5 Å². The highest BCUT2D eigenvalue weighted by Gasteiger charge is 2.33. The van der Waals surface area contributed by atoms with E-state index >= 15 is 0 Å². The average Bonchev–Trinajstić information content (AvgIpc) is 3.26. The second-order valence-electron chi connectivity index (χ2n) is 9.76. The number of para-hydroxylation sites is 1. The standard InChI is InChI=1S/C32H29BrN2O4S2/c1-19(2)39-31(37)28-20(3)34-32-35(29(28)22-11-15-25(40-4)16-12-22)30(36)27(41-32)17-23-7-5-6-8-26(23)38-18-21-9-13-24(33)14-10-21/h5-17,19,29H,18H2,1-4H3/b27-17-/t29-/m1/s1. The smallest absolute Gasteiger partial charge is 0.338 e. The number of hydrogen-bond donors (Lipinski definition) is 0. The van der Waals surface area contributed by atoms with Crippen LogP contribution in [0.5, 0.6) is 5.75 Å². The van der Waals surface area contributed by atoms with Crippen LogP contribution >= 0.6 is 39.0 Å². The van der Waals surface area contributed by atoms with Gasteiger partial charge in [-0.3, -0.25) is 9.36 Å². The fraction of sp³-hybridized carbons (Fsp3) is 0.219. The molecule has 0 fully saturated rings. The molecule has 1 atom stereocenters. The number of carbonyl (C=O) groups excluding carboxylic acids is 1. The zero-order chi connectivity index (χ0) is 29.1. The van der Waals surface area contributed by atoms with Gasteiger partial charge < -0.3 is 9.47 Å². The molecular weight excluding hydrogens is 620 g/mol. The van der Waals surface area contributed by atoms with Gasteiger partial charge in [0.1, 0.15) is 12.4 Å². The quantitative estimate of drug-likeness (QED) is 0.167. The molecule has 1 aliphatic heterocycles. The molecule has 0 bridgehead atoms. The van der Waals surface area contributed by atoms with Crippen LogP contribution in [-0.4, -0.2) is 22.9 Å². The first-order valence-corrected chi connectivity index (χ1v) is 15.9. The Balaban J connectivity index is 1.59. The SMILES string of the molecule is CSc1ccc([C@@H]2C(C(=O)OC(C)C)=C(C)N=c3s/c(=C\c4ccccc4OCc4ccc(Br)cc4)c(=O)n32)cc1. The lowest BCUT2D eigenvalue weighted by Crippen LogP contribution is -2.40. The van der Waals surface area contributed by atoms with E-state index in [1.807, 2.05) is 99.0 Å². The Morgan fingerprint density at radius 2 is 1.80 bits per heavy atom. The molecule has 0 radical (unpaired) electrons. The third-order valence-electron chi connectivity index (χ3n) is 6.53. The van der Waals surface area contributed by atoms with E-state index in [4.69, 9.17) is 14.5 Å². The Kier molecular flexibility index (Phi) is 8.97. The fourth-order valence-electron chi connectivity index (χ4n) is 4.58. The number of thiazole rings is 1. The van der Waals surface area contributed by atoms with Crippen LogP contribution < -0.4 is 19.6 Å². The minimum atomic E-state index is -0.653. The number of carbonyl (C=O) groups is 1. The summed E-state index contributed by atoms with van der Waals surface area (Å²) in [6.07, 6.45) is 3.54. The molecule has 6 nitrogen and oxygen atoms in total. The molecule has 0 saturated carbocycles. The molecule has 2 heterocycles. The minimum Gasteiger partial charge on any atom is -0.488 e. The van der Waals surface area contributed by atoms with Gasteiger partial charge >= 0.3 is 5.97 Å². The predicted octanol–water partition coefficient (Wildman–Crippen LogP) is 6.25. The topological polar surface area (TPSA) is 69.9 Å². The zero-order valence-corrected chi connectivity index (χ0v) is 26.3. The van der Waals surface area contributed by atoms with Crippen LogP contribution in [0.15, 0.2) is 103 Å². The first-order valence-electron chi connectivity index (χ1n) is 13.1. The lowest BCUT2D eigenvalue weighted by molar-refractivity contribution is -0.143. The highest BCUT2D eigenvalue weighted by molar-refractivity contribution is 9.10. The summed E-state index contributed by atoms with van der Waals surface area (Å²) in [5.74, 6) is 0.198. The maximum absolute atomic E-state index is 14.0. The van der Waals surface area contributed by atoms with Crippen molar-refractivity contribution in [2.45, 2.75) is 44.4 Å². The summed E-state index contributed by atoms with van der Waals surface area (Å²) < 4.78 is 14.9. The van der Waals surface area contributed by atoms with E-state index in [0.717, 1.165) is 26.1 Å². The lowest BCUT2D eigenvalue weighted by atomic mass is 9.96. The Hall–Kier alpha value is -3.40. The third-order valence-corrected chi connectivity index (χ3v) is 8.78. The number of thioether (sulfide) groups is 1. The third kappa shape index (κ3) is 6.42. The number of hydrogen-bond acceptors (Lipinski definition) is 7. The first-order chi connectivity index (χ1) is 19.7. The lowest BCUT2D eigenvalue weighted by Gasteiger charge is -2.25. The molecule has 4 aromatic rings. The summed E-state index contributed by atoms with van der Waals surface area (Å²) in [5.41, 5.74) is 3.32. The Morgan fingerprint density at radius 3 is 2.49 bits per heavy atom. The van der Waals surface area contributed by atoms with Crippen molar-refractivity contribution >= 4 is 51.1 Å². The van der Waals surface area contributed by atoms with Gasteiger partial charge in [-0.2, -0.15) is 0 Å². The molecule has 5 rings (SSSR count). The zero-order valence-electron chi connectivity index (χ0n) is 23.1. The van der Waals surface area contributed by atoms with Crippen LogP contribution in [0.25, 0.3) is 6.08 Å². The molecular formula is C32H29BrN2O4S2. The van der Waals surface area contributed by atoms with Crippen LogP contribution in [0.4, 0.5) is 0 Å². The summed E-state index contributed by atoms with van der Waals surface area (Å²) in [5, 5.41) is 0. The number of benzene rings is 3. The second-order valence-corrected chi connectivity index (χ2v) is 12.6. The number of rotatable bonds is 8. The number of esters is 1. The van der Waals surface area contributed by atoms with E-state index in [9.17, 15) is 9.59 Å². The van der Waals surface area contributed by atoms with Gasteiger partial charge in [-0.1, -0.05) is 69.7 Å². The van der Waals surface area contributed by atoms with Gasteiger partial charge in [0.05, 0.1) is 27.9 Å². The number of halogens is 1. The van der Waals surface area contributed by atoms with Gasteiger partial charge in [0.25, 0.3) is 5.56 Å². The van der Waals surface area contributed by atoms with Crippen molar-refractivity contribution in [3.05, 3.63) is 125 Å². The molecule has 0 saturated heterocycles. The number of nitrogens with zero attached hydrogens (tertiary/aromatic N) is 2. The molecule has 9 heteroatoms. The second kappa shape index (κ2) is 12.6. The number of allylic oxidation sites excluding steroid dienone is 1. The molecule has 0 aliphatic carbocycles. The van der Waals surface area contributed by atoms with Crippen molar-refractivity contribution in [1.29, 1.82) is 0 Å². The molecule has 1 aromatic heterocycles. The van der Waals surface area contributed by atoms with E-state index in [0.29, 0.717) is 33.0 Å². The molecule has 0 spiro atoms. The van der Waals surface area contributed by atoms with Gasteiger partial charge in [0.15, 0.2) is 4.80 Å². The molecule has 3 aromatic carbocycles. The Labute approximate surface area is 255 Å². The molecule has 0 N–H and O–H groups in total. The van der Waals surface area contributed by atoms with Crippen LogP contribution in [0.2, 0.25) is 0 Å². The summed E-state index contributed by atoms with van der Waals surface area (Å²) in [7, 11) is 0. The molecule has 0 unspecified atom stereocenters. The molecule has 41 heavy (non-hydrogen) atoms. The monoisotopic (exact) mass is 648 g/mol. The van der Waals surface area contributed by atoms with Crippen molar-refractivity contribution < 1.29 is 14.3 Å². The maximum Gasteiger partial charge on any atom is 0.338 e. The van der Waals surface area contributed by atoms with Gasteiger partial charge in [-0.05, 0) is 74.6 Å². The summed E-state index contributed by atoms with van der Waals surface area (Å²) in [6.45, 7) is 5.80. The van der Waals surface area contributed by atoms with Crippen molar-refractivity contribution in [3.63, 3.8) is 0 Å². The molecule has 210 valence electrons. The largest absolute Gasteiger partial charge is 0.488 e. The van der Waals surface area contributed by atoms with E-state index in [1.165, 1.54) is 11.3 Å². The Morgan fingerprint density at radius 1 is 1.10 bits per heavy atom. The molecule has 0 amide bonds. The van der Waals surface area contributed by atoms with Crippen molar-refractivity contribution in [2.24, 2.45) is 4.99 Å². The van der Waals surface area contributed by atoms with Crippen LogP contribution in [-0.2, 0) is 16.1 Å². The summed E-state index contributed by atoms with van der Waals surface area (Å²) in [4.78, 5) is 33.6. The first kappa shape index (κ1) is 29.1. The number of ether oxygens (including phenoxy) is 2. The number of fused-ring (bicyclic) bond motifs is 1. The summed E-state index contributed by atoms with van der Waals surface area (Å²) in [6, 6.07) is 22.8. The van der Waals surface area contributed by atoms with Crippen molar-refractivity contribution in [3.8, 4) is 5.75 Å². The highest BCUT2D eigenvalue weighted by atomic mass is 79.9. The average molecular weight is 650 g/mol. The van der Waals surface area contributed by atoms with Gasteiger partial charge in [-0.15, -0.1) is 11.8 Å². The fourth-order valence-corrected chi connectivity index (χ4v) is 6.29. The summed E-state index contributed by atoms with van der Waals surface area (Å²) >= 11 is 6.39. The number of aromatic nitrogens is 1. The normalized spacial score (nSPS) is 15.1. The predicted molar refractivity (Wildman–Crippen MR) is 168 cm³/mol. The van der Waals surface area contributed by atoms with Crippen LogP contribution in [0.3, 0.4) is 0 Å². The minimum absolute atomic E-state index is 0.224. The highest BCUT2D eigenvalue weighted by Crippen LogP contribution is 2.32. The molecule has 1 aliphatic rings. The Bertz CT molecular complexity index is 1790. The van der Waals surface area contributed by atoms with Gasteiger partial charge in [0.2, 0.25) is 0 Å².